The van der Waals surface area contributed by atoms with E-state index >= 15 is 0 Å². The van der Waals surface area contributed by atoms with Crippen LogP contribution in [0.3, 0.4) is 0 Å². The van der Waals surface area contributed by atoms with Gasteiger partial charge in [0.15, 0.2) is 0 Å². The molecule has 1 heteroatoms. The summed E-state index contributed by atoms with van der Waals surface area (Å²) in [7, 11) is 1.71. The molecule has 0 aliphatic rings. The van der Waals surface area contributed by atoms with Crippen molar-refractivity contribution in [2.75, 3.05) is 7.11 Å². The van der Waals surface area contributed by atoms with Crippen molar-refractivity contribution >= 4 is 0 Å². The van der Waals surface area contributed by atoms with E-state index in [1.54, 1.807) is 7.11 Å². The zero-order valence-electron chi connectivity index (χ0n) is 12.6. The van der Waals surface area contributed by atoms with E-state index in [1.165, 1.54) is 11.1 Å². The predicted molar refractivity (Wildman–Crippen MR) is 83.7 cm³/mol. The topological polar surface area (TPSA) is 9.23 Å². The van der Waals surface area contributed by atoms with Crippen LogP contribution >= 0.6 is 0 Å². The summed E-state index contributed by atoms with van der Waals surface area (Å²) in [5.41, 5.74) is 2.75. The maximum Gasteiger partial charge on any atom is 0.119 e. The van der Waals surface area contributed by atoms with E-state index in [-0.39, 0.29) is 0 Å². The largest absolute Gasteiger partial charge is 0.497 e. The van der Waals surface area contributed by atoms with Gasteiger partial charge < -0.3 is 4.74 Å². The van der Waals surface area contributed by atoms with Crippen molar-refractivity contribution in [1.82, 2.24) is 0 Å². The van der Waals surface area contributed by atoms with E-state index in [0.29, 0.717) is 0 Å². The van der Waals surface area contributed by atoms with Crippen LogP contribution < -0.4 is 4.74 Å². The van der Waals surface area contributed by atoms with Gasteiger partial charge in [-0.2, -0.15) is 0 Å². The van der Waals surface area contributed by atoms with E-state index in [1.807, 2.05) is 6.07 Å². The lowest BCUT2D eigenvalue weighted by atomic mass is 10.0. The molecule has 0 atom stereocenters. The van der Waals surface area contributed by atoms with E-state index in [2.05, 4.69) is 57.2 Å². The normalized spacial score (nSPS) is 12.4. The average Bonchev–Trinajstić information content (AvgIpc) is 2.41. The van der Waals surface area contributed by atoms with Crippen molar-refractivity contribution in [3.05, 3.63) is 53.6 Å². The van der Waals surface area contributed by atoms with Crippen molar-refractivity contribution < 1.29 is 4.74 Å². The molecule has 0 unspecified atom stereocenters. The van der Waals surface area contributed by atoms with E-state index in [4.69, 9.17) is 4.74 Å². The molecule has 0 aliphatic carbocycles. The van der Waals surface area contributed by atoms with Gasteiger partial charge in [-0.3, -0.25) is 0 Å². The SMILES string of the molecule is COc1cccc(CC/C(C)=C/C=C/CC(C)C)c1. The minimum atomic E-state index is 0.738. The number of aryl methyl sites for hydroxylation is 1. The average molecular weight is 258 g/mol. The highest BCUT2D eigenvalue weighted by Gasteiger charge is 1.96. The molecule has 1 nitrogen and oxygen atoms in total. The molecular formula is C18H26O. The molecule has 0 bridgehead atoms. The van der Waals surface area contributed by atoms with Gasteiger partial charge >= 0.3 is 0 Å². The van der Waals surface area contributed by atoms with Gasteiger partial charge in [-0.25, -0.2) is 0 Å². The molecule has 104 valence electrons. The highest BCUT2D eigenvalue weighted by molar-refractivity contribution is 5.29. The first-order valence-corrected chi connectivity index (χ1v) is 7.07. The molecular weight excluding hydrogens is 232 g/mol. The zero-order valence-corrected chi connectivity index (χ0v) is 12.6. The molecule has 0 heterocycles. The third kappa shape index (κ3) is 6.85. The molecule has 0 saturated heterocycles. The van der Waals surface area contributed by atoms with Crippen molar-refractivity contribution in [3.8, 4) is 5.75 Å². The molecule has 0 amide bonds. The van der Waals surface area contributed by atoms with Crippen molar-refractivity contribution in [1.29, 1.82) is 0 Å². The third-order valence-electron chi connectivity index (χ3n) is 3.07. The highest BCUT2D eigenvalue weighted by Crippen LogP contribution is 2.15. The Hall–Kier alpha value is -1.50. The van der Waals surface area contributed by atoms with Gasteiger partial charge in [0.1, 0.15) is 5.75 Å². The molecule has 0 radical (unpaired) electrons. The Balaban J connectivity index is 2.42. The Morgan fingerprint density at radius 2 is 2.11 bits per heavy atom. The summed E-state index contributed by atoms with van der Waals surface area (Å²) in [6.45, 7) is 6.67. The van der Waals surface area contributed by atoms with Crippen LogP contribution in [0, 0.1) is 5.92 Å². The molecule has 19 heavy (non-hydrogen) atoms. The van der Waals surface area contributed by atoms with E-state index < -0.39 is 0 Å². The highest BCUT2D eigenvalue weighted by atomic mass is 16.5. The minimum absolute atomic E-state index is 0.738. The Morgan fingerprint density at radius 3 is 2.79 bits per heavy atom. The first-order chi connectivity index (χ1) is 9.11. The summed E-state index contributed by atoms with van der Waals surface area (Å²) in [6.07, 6.45) is 9.97. The Labute approximate surface area is 118 Å². The van der Waals surface area contributed by atoms with Crippen LogP contribution in [0.2, 0.25) is 0 Å². The molecule has 1 aromatic carbocycles. The summed E-state index contributed by atoms with van der Waals surface area (Å²) in [6, 6.07) is 8.31. The summed E-state index contributed by atoms with van der Waals surface area (Å²) >= 11 is 0. The second-order valence-corrected chi connectivity index (χ2v) is 5.42. The maximum absolute atomic E-state index is 5.24. The lowest BCUT2D eigenvalue weighted by Crippen LogP contribution is -1.89. The second kappa shape index (κ2) is 8.58. The first-order valence-electron chi connectivity index (χ1n) is 7.07. The molecule has 1 rings (SSSR count). The summed E-state index contributed by atoms with van der Waals surface area (Å²) in [4.78, 5) is 0. The molecule has 0 spiro atoms. The number of ether oxygens (including phenoxy) is 1. The summed E-state index contributed by atoms with van der Waals surface area (Å²) in [5, 5.41) is 0. The van der Waals surface area contributed by atoms with Crippen molar-refractivity contribution in [2.24, 2.45) is 5.92 Å². The maximum atomic E-state index is 5.24. The number of hydrogen-bond donors (Lipinski definition) is 0. The van der Waals surface area contributed by atoms with Gasteiger partial charge in [-0.15, -0.1) is 0 Å². The van der Waals surface area contributed by atoms with Crippen molar-refractivity contribution in [3.63, 3.8) is 0 Å². The summed E-state index contributed by atoms with van der Waals surface area (Å²) in [5.74, 6) is 1.68. The van der Waals surface area contributed by atoms with Crippen LogP contribution in [-0.4, -0.2) is 7.11 Å². The van der Waals surface area contributed by atoms with Gasteiger partial charge in [-0.1, -0.05) is 49.8 Å². The lowest BCUT2D eigenvalue weighted by molar-refractivity contribution is 0.414. The predicted octanol–water partition coefficient (Wildman–Crippen LogP) is 5.18. The lowest BCUT2D eigenvalue weighted by Gasteiger charge is -2.04. The van der Waals surface area contributed by atoms with Gasteiger partial charge in [0.2, 0.25) is 0 Å². The van der Waals surface area contributed by atoms with E-state index in [0.717, 1.165) is 30.9 Å². The smallest absolute Gasteiger partial charge is 0.119 e. The molecule has 0 aromatic heterocycles. The Kier molecular flexibility index (Phi) is 7.02. The van der Waals surface area contributed by atoms with Gasteiger partial charge in [0.05, 0.1) is 7.11 Å². The molecule has 0 aliphatic heterocycles. The monoisotopic (exact) mass is 258 g/mol. The number of benzene rings is 1. The second-order valence-electron chi connectivity index (χ2n) is 5.42. The molecule has 0 N–H and O–H groups in total. The zero-order chi connectivity index (χ0) is 14.1. The number of hydrogen-bond acceptors (Lipinski definition) is 1. The van der Waals surface area contributed by atoms with Crippen LogP contribution in [0.15, 0.2) is 48.1 Å². The first kappa shape index (κ1) is 15.6. The van der Waals surface area contributed by atoms with Crippen LogP contribution in [-0.2, 0) is 6.42 Å². The van der Waals surface area contributed by atoms with Crippen LogP contribution in [0.1, 0.15) is 39.2 Å². The fourth-order valence-electron chi connectivity index (χ4n) is 1.84. The van der Waals surface area contributed by atoms with E-state index in [9.17, 15) is 0 Å². The fraction of sp³-hybridized carbons (Fsp3) is 0.444. The van der Waals surface area contributed by atoms with Crippen LogP contribution in [0.25, 0.3) is 0 Å². The Morgan fingerprint density at radius 1 is 1.32 bits per heavy atom. The van der Waals surface area contributed by atoms with Crippen LogP contribution in [0.4, 0.5) is 0 Å². The fourth-order valence-corrected chi connectivity index (χ4v) is 1.84. The minimum Gasteiger partial charge on any atom is -0.497 e. The standard InChI is InChI=1S/C18H26O/c1-15(2)8-5-6-9-16(3)12-13-17-10-7-11-18(14-17)19-4/h5-7,9-11,14-15H,8,12-13H2,1-4H3/b6-5+,16-9+. The Bertz CT molecular complexity index is 427. The van der Waals surface area contributed by atoms with Crippen molar-refractivity contribution in [2.45, 2.75) is 40.0 Å². The van der Waals surface area contributed by atoms with Gasteiger partial charge in [-0.05, 0) is 49.8 Å². The van der Waals surface area contributed by atoms with Gasteiger partial charge in [0, 0.05) is 0 Å². The summed E-state index contributed by atoms with van der Waals surface area (Å²) < 4.78 is 5.24. The molecule has 0 saturated carbocycles. The third-order valence-corrected chi connectivity index (χ3v) is 3.07. The number of allylic oxidation sites excluding steroid dienone is 4. The van der Waals surface area contributed by atoms with Gasteiger partial charge in [0.25, 0.3) is 0 Å². The molecule has 1 aromatic rings. The quantitative estimate of drug-likeness (QED) is 0.613. The van der Waals surface area contributed by atoms with Crippen LogP contribution in [0.5, 0.6) is 5.75 Å². The molecule has 0 fully saturated rings. The number of rotatable bonds is 7. The number of methoxy groups -OCH3 is 1.